The van der Waals surface area contributed by atoms with Crippen LogP contribution in [-0.4, -0.2) is 38.8 Å². The molecule has 0 aromatic heterocycles. The monoisotopic (exact) mass is 202 g/mol. The van der Waals surface area contributed by atoms with Gasteiger partial charge in [0, 0.05) is 11.8 Å². The Morgan fingerprint density at radius 1 is 1.36 bits per heavy atom. The van der Waals surface area contributed by atoms with Gasteiger partial charge in [0.2, 0.25) is 0 Å². The molecule has 0 spiro atoms. The minimum atomic E-state index is -1.44. The van der Waals surface area contributed by atoms with E-state index in [0.717, 1.165) is 0 Å². The van der Waals surface area contributed by atoms with Crippen LogP contribution in [0.1, 0.15) is 26.7 Å². The van der Waals surface area contributed by atoms with Crippen LogP contribution < -0.4 is 0 Å². The molecule has 0 bridgehead atoms. The van der Waals surface area contributed by atoms with Crippen LogP contribution in [0.3, 0.4) is 0 Å². The van der Waals surface area contributed by atoms with Crippen molar-refractivity contribution in [3.8, 4) is 0 Å². The number of Topliss-reactive ketones (excluding diaryl/α,β-unsaturated/α-hetero) is 1. The predicted octanol–water partition coefficient (Wildman–Crippen LogP) is -0.448. The number of aliphatic hydroxyl groups is 2. The third-order valence-corrected chi connectivity index (χ3v) is 2.98. The van der Waals surface area contributed by atoms with Crippen molar-refractivity contribution in [1.82, 2.24) is 0 Å². The zero-order chi connectivity index (χ0) is 11.1. The fraction of sp³-hybridized carbons (Fsp3) is 0.778. The summed E-state index contributed by atoms with van der Waals surface area (Å²) in [4.78, 5) is 21.3. The van der Waals surface area contributed by atoms with E-state index in [2.05, 4.69) is 0 Å². The van der Waals surface area contributed by atoms with Crippen molar-refractivity contribution in [2.75, 3.05) is 0 Å². The van der Waals surface area contributed by atoms with Crippen LogP contribution in [0.5, 0.6) is 0 Å². The van der Waals surface area contributed by atoms with E-state index in [0.29, 0.717) is 0 Å². The summed E-state index contributed by atoms with van der Waals surface area (Å²) in [5.74, 6) is -1.78. The second kappa shape index (κ2) is 3.03. The molecule has 3 N–H and O–H groups in total. The molecule has 14 heavy (non-hydrogen) atoms. The van der Waals surface area contributed by atoms with Crippen LogP contribution in [0.25, 0.3) is 0 Å². The lowest BCUT2D eigenvalue weighted by molar-refractivity contribution is -0.141. The van der Waals surface area contributed by atoms with E-state index in [1.165, 1.54) is 0 Å². The molecule has 0 aliphatic heterocycles. The van der Waals surface area contributed by atoms with Gasteiger partial charge in [0.15, 0.2) is 0 Å². The standard InChI is InChI=1S/C9H14O5/c1-8(2)7(13)9(8,14)4-5(10)3-6(11)12/h7,13-14H,3-4H2,1-2H3,(H,11,12). The zero-order valence-electron chi connectivity index (χ0n) is 8.15. The SMILES string of the molecule is CC1(C)C(O)C1(O)CC(=O)CC(=O)O. The molecule has 1 fully saturated rings. The summed E-state index contributed by atoms with van der Waals surface area (Å²) < 4.78 is 0. The second-order valence-electron chi connectivity index (χ2n) is 4.33. The molecule has 0 saturated heterocycles. The molecule has 0 heterocycles. The van der Waals surface area contributed by atoms with Crippen molar-refractivity contribution in [2.45, 2.75) is 38.4 Å². The third kappa shape index (κ3) is 1.53. The largest absolute Gasteiger partial charge is 0.481 e. The highest BCUT2D eigenvalue weighted by Crippen LogP contribution is 2.57. The first kappa shape index (κ1) is 11.1. The Morgan fingerprint density at radius 2 is 1.79 bits per heavy atom. The number of carboxylic acids is 1. The summed E-state index contributed by atoms with van der Waals surface area (Å²) in [7, 11) is 0. The first-order valence-corrected chi connectivity index (χ1v) is 4.36. The Hall–Kier alpha value is -0.940. The average molecular weight is 202 g/mol. The molecule has 80 valence electrons. The first-order valence-electron chi connectivity index (χ1n) is 4.36. The molecule has 2 atom stereocenters. The lowest BCUT2D eigenvalue weighted by Crippen LogP contribution is -2.23. The van der Waals surface area contributed by atoms with Crippen LogP contribution in [0.4, 0.5) is 0 Å². The van der Waals surface area contributed by atoms with Gasteiger partial charge >= 0.3 is 5.97 Å². The summed E-state index contributed by atoms with van der Waals surface area (Å²) in [6, 6.07) is 0. The molecule has 5 heteroatoms. The molecule has 1 aliphatic rings. The molecule has 5 nitrogen and oxygen atoms in total. The van der Waals surface area contributed by atoms with Crippen LogP contribution in [0.15, 0.2) is 0 Å². The number of rotatable bonds is 4. The van der Waals surface area contributed by atoms with E-state index in [1.807, 2.05) is 0 Å². The summed E-state index contributed by atoms with van der Waals surface area (Å²) in [5, 5.41) is 27.4. The number of aliphatic hydroxyl groups excluding tert-OH is 1. The Balaban J connectivity index is 2.55. The topological polar surface area (TPSA) is 94.8 Å². The van der Waals surface area contributed by atoms with E-state index in [1.54, 1.807) is 13.8 Å². The van der Waals surface area contributed by atoms with Gasteiger partial charge in [0.05, 0.1) is 6.10 Å². The summed E-state index contributed by atoms with van der Waals surface area (Å²) in [6.45, 7) is 3.26. The minimum Gasteiger partial charge on any atom is -0.481 e. The number of ketones is 1. The van der Waals surface area contributed by atoms with E-state index in [-0.39, 0.29) is 6.42 Å². The highest BCUT2D eigenvalue weighted by Gasteiger charge is 2.71. The molecule has 0 amide bonds. The highest BCUT2D eigenvalue weighted by molar-refractivity contribution is 5.95. The molecule has 0 radical (unpaired) electrons. The van der Waals surface area contributed by atoms with Gasteiger partial charge < -0.3 is 15.3 Å². The van der Waals surface area contributed by atoms with Gasteiger partial charge in [-0.15, -0.1) is 0 Å². The Bertz CT molecular complexity index is 283. The molecular weight excluding hydrogens is 188 g/mol. The van der Waals surface area contributed by atoms with Gasteiger partial charge in [0.25, 0.3) is 0 Å². The second-order valence-corrected chi connectivity index (χ2v) is 4.33. The van der Waals surface area contributed by atoms with Crippen molar-refractivity contribution >= 4 is 11.8 Å². The van der Waals surface area contributed by atoms with Crippen molar-refractivity contribution in [3.05, 3.63) is 0 Å². The maximum absolute atomic E-state index is 11.1. The average Bonchev–Trinajstić information content (AvgIpc) is 2.32. The maximum Gasteiger partial charge on any atom is 0.310 e. The van der Waals surface area contributed by atoms with E-state index in [4.69, 9.17) is 5.11 Å². The summed E-state index contributed by atoms with van der Waals surface area (Å²) in [6.07, 6.45) is -1.86. The van der Waals surface area contributed by atoms with E-state index in [9.17, 15) is 19.8 Å². The van der Waals surface area contributed by atoms with Gasteiger partial charge in [-0.05, 0) is 0 Å². The molecule has 0 aromatic rings. The number of carboxylic acid groups (broad SMARTS) is 1. The van der Waals surface area contributed by atoms with Gasteiger partial charge in [0.1, 0.15) is 17.8 Å². The fourth-order valence-electron chi connectivity index (χ4n) is 1.66. The number of carbonyl (C=O) groups is 2. The molecule has 0 aromatic carbocycles. The van der Waals surface area contributed by atoms with Crippen molar-refractivity contribution < 1.29 is 24.9 Å². The Morgan fingerprint density at radius 3 is 2.07 bits per heavy atom. The Labute approximate surface area is 81.4 Å². The van der Waals surface area contributed by atoms with Gasteiger partial charge in [-0.3, -0.25) is 9.59 Å². The lowest BCUT2D eigenvalue weighted by Gasteiger charge is -2.10. The smallest absolute Gasteiger partial charge is 0.310 e. The lowest BCUT2D eigenvalue weighted by atomic mass is 10.0. The number of carbonyl (C=O) groups excluding carboxylic acids is 1. The Kier molecular flexibility index (Phi) is 2.41. The van der Waals surface area contributed by atoms with Gasteiger partial charge in [-0.2, -0.15) is 0 Å². The quantitative estimate of drug-likeness (QED) is 0.537. The number of aliphatic carboxylic acids is 1. The van der Waals surface area contributed by atoms with Crippen molar-refractivity contribution in [2.24, 2.45) is 5.41 Å². The van der Waals surface area contributed by atoms with E-state index >= 15 is 0 Å². The molecule has 1 rings (SSSR count). The molecular formula is C9H14O5. The van der Waals surface area contributed by atoms with Crippen LogP contribution >= 0.6 is 0 Å². The van der Waals surface area contributed by atoms with Crippen LogP contribution in [-0.2, 0) is 9.59 Å². The third-order valence-electron chi connectivity index (χ3n) is 2.98. The maximum atomic E-state index is 11.1. The molecule has 1 saturated carbocycles. The summed E-state index contributed by atoms with van der Waals surface area (Å²) in [5.41, 5.74) is -2.17. The summed E-state index contributed by atoms with van der Waals surface area (Å²) >= 11 is 0. The normalized spacial score (nSPS) is 33.9. The molecule has 2 unspecified atom stereocenters. The predicted molar refractivity (Wildman–Crippen MR) is 46.6 cm³/mol. The van der Waals surface area contributed by atoms with Gasteiger partial charge in [-0.1, -0.05) is 13.8 Å². The molecule has 1 aliphatic carbocycles. The minimum absolute atomic E-state index is 0.298. The highest BCUT2D eigenvalue weighted by atomic mass is 16.4. The fourth-order valence-corrected chi connectivity index (χ4v) is 1.66. The van der Waals surface area contributed by atoms with E-state index < -0.39 is 35.3 Å². The number of hydrogen-bond donors (Lipinski definition) is 3. The van der Waals surface area contributed by atoms with Crippen molar-refractivity contribution in [3.63, 3.8) is 0 Å². The van der Waals surface area contributed by atoms with Gasteiger partial charge in [-0.25, -0.2) is 0 Å². The van der Waals surface area contributed by atoms with Crippen LogP contribution in [0.2, 0.25) is 0 Å². The first-order chi connectivity index (χ1) is 6.22. The zero-order valence-corrected chi connectivity index (χ0v) is 8.15. The van der Waals surface area contributed by atoms with Crippen molar-refractivity contribution in [1.29, 1.82) is 0 Å². The van der Waals surface area contributed by atoms with Crippen LogP contribution in [0, 0.1) is 5.41 Å². The number of hydrogen-bond acceptors (Lipinski definition) is 4.